The van der Waals surface area contributed by atoms with Crippen molar-refractivity contribution in [2.75, 3.05) is 57.9 Å². The van der Waals surface area contributed by atoms with Gasteiger partial charge in [0.2, 0.25) is 5.88 Å². The summed E-state index contributed by atoms with van der Waals surface area (Å²) >= 11 is 0.415. The molecule has 38 heteroatoms. The molecular formula is C49H59N9O23S6. The molecular weight excluding hydrogens is 1270 g/mol. The van der Waals surface area contributed by atoms with Crippen LogP contribution in [-0.4, -0.2) is 143 Å². The lowest BCUT2D eigenvalue weighted by Crippen LogP contribution is -2.08. The van der Waals surface area contributed by atoms with Gasteiger partial charge in [0, 0.05) is 50.0 Å². The number of methoxy groups -OCH3 is 2. The minimum Gasteiger partial charge on any atom is -0.493 e. The van der Waals surface area contributed by atoms with Gasteiger partial charge in [-0.15, -0.1) is 31.4 Å². The Morgan fingerprint density at radius 2 is 1.13 bits per heavy atom. The molecule has 0 saturated heterocycles. The molecule has 0 unspecified atom stereocenters. The van der Waals surface area contributed by atoms with Gasteiger partial charge in [-0.05, 0) is 113 Å². The van der Waals surface area contributed by atoms with Crippen molar-refractivity contribution in [3.05, 3.63) is 95.6 Å². The molecule has 0 bridgehead atoms. The Kier molecular flexibility index (Phi) is 27.3. The Morgan fingerprint density at radius 1 is 0.632 bits per heavy atom. The van der Waals surface area contributed by atoms with Gasteiger partial charge in [0.1, 0.15) is 45.1 Å². The zero-order valence-electron chi connectivity index (χ0n) is 46.7. The molecule has 32 nitrogen and oxygen atoms in total. The minimum absolute atomic E-state index is 0.00611. The summed E-state index contributed by atoms with van der Waals surface area (Å²) < 4.78 is 186. The molecule has 2 aromatic heterocycles. The number of hydrogen-bond donors (Lipinski definition) is 7. The highest BCUT2D eigenvalue weighted by Gasteiger charge is 2.24. The predicted octanol–water partition coefficient (Wildman–Crippen LogP) is 9.98. The van der Waals surface area contributed by atoms with Crippen LogP contribution in [0.5, 0.6) is 17.4 Å². The fraction of sp³-hybridized carbons (Fsp3) is 0.347. The number of unbranched alkanes of at least 4 members (excludes halogenated alkanes) is 1. The third-order valence-electron chi connectivity index (χ3n) is 11.2. The topological polar surface area (TPSA) is 483 Å². The van der Waals surface area contributed by atoms with Crippen molar-refractivity contribution in [3.8, 4) is 23.4 Å². The summed E-state index contributed by atoms with van der Waals surface area (Å²) in [6, 6.07) is 14.4. The molecule has 7 N–H and O–H groups in total. The molecule has 0 aliphatic carbocycles. The van der Waals surface area contributed by atoms with Gasteiger partial charge in [-0.25, -0.2) is 10.2 Å². The number of hydrogen-bond acceptors (Lipinski definition) is 27. The van der Waals surface area contributed by atoms with E-state index >= 15 is 0 Å². The molecule has 87 heavy (non-hydrogen) atoms. The van der Waals surface area contributed by atoms with E-state index < -0.39 is 77.8 Å². The van der Waals surface area contributed by atoms with E-state index in [4.69, 9.17) is 24.0 Å². The lowest BCUT2D eigenvalue weighted by Gasteiger charge is -2.12. The van der Waals surface area contributed by atoms with Gasteiger partial charge in [0.05, 0.1) is 69.8 Å². The quantitative estimate of drug-likeness (QED) is 0.00436. The summed E-state index contributed by atoms with van der Waals surface area (Å²) in [6.45, 7) is 8.84. The van der Waals surface area contributed by atoms with Crippen LogP contribution in [0.2, 0.25) is 0 Å². The first-order valence-electron chi connectivity index (χ1n) is 24.8. The zero-order chi connectivity index (χ0) is 64.9. The predicted molar refractivity (Wildman–Crippen MR) is 313 cm³/mol. The summed E-state index contributed by atoms with van der Waals surface area (Å²) in [5.74, 6) is -2.22. The number of ether oxygens (including phenoxy) is 4. The van der Waals surface area contributed by atoms with Crippen LogP contribution in [-0.2, 0) is 69.4 Å². The van der Waals surface area contributed by atoms with Gasteiger partial charge >= 0.3 is 0 Å². The number of azo groups is 3. The first-order valence-corrected chi connectivity index (χ1v) is 33.3. The molecule has 0 amide bonds. The van der Waals surface area contributed by atoms with Crippen LogP contribution < -0.4 is 9.47 Å². The van der Waals surface area contributed by atoms with E-state index in [1.165, 1.54) is 56.5 Å². The Balaban J connectivity index is 0.000000887. The molecule has 4 aromatic carbocycles. The van der Waals surface area contributed by atoms with Crippen LogP contribution in [0.3, 0.4) is 0 Å². The Hall–Kier alpha value is -7.04. The lowest BCUT2D eigenvalue weighted by atomic mass is 10.1. The SMILES string of the molecule is C=CCCCOC.COCCCS(=O)(=O)O.Cc1cc(N=Nc2c(C)c(C#N)c3nc4cc(S(=O)(=O)O)ccc4n3c2O)c(OCCCS(=O)(=O)O)cc1N=Nc1cc(C)c(N=Nc2ccc(SOOO)cc2S(=O)(=O)O)cc1OCCCS(=O)(=O)O. The summed E-state index contributed by atoms with van der Waals surface area (Å²) in [4.78, 5) is 3.21. The minimum atomic E-state index is -4.88. The molecule has 6 rings (SSSR count). The number of aromatic nitrogens is 2. The molecule has 0 radical (unpaired) electrons. The molecule has 0 atom stereocenters. The number of nitrogens with zero attached hydrogens (tertiary/aromatic N) is 9. The largest absolute Gasteiger partial charge is 0.493 e. The Morgan fingerprint density at radius 3 is 1.60 bits per heavy atom. The molecule has 0 saturated carbocycles. The van der Waals surface area contributed by atoms with Crippen molar-refractivity contribution >= 4 is 113 Å². The van der Waals surface area contributed by atoms with Crippen molar-refractivity contribution in [2.24, 2.45) is 30.7 Å². The molecule has 474 valence electrons. The van der Waals surface area contributed by atoms with E-state index in [1.54, 1.807) is 21.0 Å². The summed E-state index contributed by atoms with van der Waals surface area (Å²) in [5, 5.41) is 58.9. The number of pyridine rings is 1. The first kappa shape index (κ1) is 72.4. The third-order valence-corrected chi connectivity index (χ3v) is 16.0. The Bertz CT molecular complexity index is 4160. The number of nitriles is 1. The van der Waals surface area contributed by atoms with Crippen molar-refractivity contribution in [1.82, 2.24) is 9.38 Å². The highest BCUT2D eigenvalue weighted by molar-refractivity contribution is 7.94. The number of aromatic hydroxyl groups is 1. The average Bonchev–Trinajstić information content (AvgIpc) is 1.65. The van der Waals surface area contributed by atoms with Crippen LogP contribution in [0.25, 0.3) is 16.7 Å². The molecule has 6 aromatic rings. The fourth-order valence-corrected chi connectivity index (χ4v) is 10.2. The Labute approximate surface area is 504 Å². The second-order valence-corrected chi connectivity index (χ2v) is 26.2. The first-order chi connectivity index (χ1) is 40.7. The maximum absolute atomic E-state index is 12.2. The van der Waals surface area contributed by atoms with Gasteiger partial charge in [-0.1, -0.05) is 11.1 Å². The maximum Gasteiger partial charge on any atom is 0.296 e. The normalized spacial score (nSPS) is 12.3. The van der Waals surface area contributed by atoms with Crippen molar-refractivity contribution in [2.45, 2.75) is 67.6 Å². The number of allylic oxidation sites excluding steroid dienone is 1. The number of fused-ring (bicyclic) bond motifs is 3. The maximum atomic E-state index is 12.2. The zero-order valence-corrected chi connectivity index (χ0v) is 51.6. The van der Waals surface area contributed by atoms with Crippen LogP contribution >= 0.6 is 12.0 Å². The highest BCUT2D eigenvalue weighted by Crippen LogP contribution is 2.43. The summed E-state index contributed by atoms with van der Waals surface area (Å²) in [7, 11) is -18.8. The summed E-state index contributed by atoms with van der Waals surface area (Å²) in [6.07, 6.45) is 4.04. The van der Waals surface area contributed by atoms with Crippen LogP contribution in [0.15, 0.2) is 119 Å². The lowest BCUT2D eigenvalue weighted by molar-refractivity contribution is -0.432. The van der Waals surface area contributed by atoms with Gasteiger partial charge in [0.25, 0.3) is 50.6 Å². The van der Waals surface area contributed by atoms with Crippen LogP contribution in [0, 0.1) is 32.1 Å². The second kappa shape index (κ2) is 32.8. The molecule has 0 aliphatic rings. The summed E-state index contributed by atoms with van der Waals surface area (Å²) in [5.41, 5.74) is 0.570. The van der Waals surface area contributed by atoms with Gasteiger partial charge in [-0.3, -0.25) is 27.2 Å². The smallest absolute Gasteiger partial charge is 0.296 e. The number of rotatable bonds is 29. The number of aryl methyl sites for hydroxylation is 2. The average molecular weight is 1330 g/mol. The molecule has 0 spiro atoms. The molecule has 2 heterocycles. The number of benzene rings is 4. The van der Waals surface area contributed by atoms with Gasteiger partial charge in [-0.2, -0.15) is 57.6 Å². The van der Waals surface area contributed by atoms with E-state index in [1.807, 2.05) is 12.1 Å². The van der Waals surface area contributed by atoms with Gasteiger partial charge < -0.3 is 24.1 Å². The van der Waals surface area contributed by atoms with E-state index in [0.717, 1.165) is 42.0 Å². The van der Waals surface area contributed by atoms with Crippen molar-refractivity contribution < 1.29 is 104 Å². The second-order valence-electron chi connectivity index (χ2n) is 17.9. The van der Waals surface area contributed by atoms with Crippen molar-refractivity contribution in [3.63, 3.8) is 0 Å². The molecule has 0 fully saturated rings. The van der Waals surface area contributed by atoms with Gasteiger partial charge in [0.15, 0.2) is 11.3 Å². The van der Waals surface area contributed by atoms with Crippen molar-refractivity contribution in [1.29, 1.82) is 5.26 Å². The molecule has 0 aliphatic heterocycles. The third kappa shape index (κ3) is 23.2. The van der Waals surface area contributed by atoms with E-state index in [2.05, 4.69) is 56.4 Å². The van der Waals surface area contributed by atoms with E-state index in [9.17, 15) is 70.7 Å². The standard InChI is InChI=1S/C39H37N9O18S5.C6H12O.C4H10O4S/c1-21-14-31(34(63-10-4-12-68(51,52)53)18-28(21)43-42-27-8-6-24(67-66-65-50)16-36(27)71(60,61)62)45-44-29-19-35(64-11-5-13-69(54,55)56)32(15-22(29)2)46-47-37-23(3)26(20-40)38-41-30-17-25(70(57,58)59)7-9-33(30)48(38)39(37)49;1-3-4-5-6-7-2;1-8-3-2-4-9(5,6)7/h6-9,14-19,49-50H,4-5,10-13H2,1-3H3,(H,51,52,53)(H,54,55,56)(H,57,58,59)(H,60,61,62);3H,1,4-6H2,2H3;2-4H2,1H3,(H,5,6,7). The van der Waals surface area contributed by atoms with Crippen LogP contribution in [0.1, 0.15) is 54.4 Å². The fourth-order valence-electron chi connectivity index (χ4n) is 7.16. The highest BCUT2D eigenvalue weighted by atomic mass is 32.2. The van der Waals surface area contributed by atoms with E-state index in [-0.39, 0.29) is 110 Å². The van der Waals surface area contributed by atoms with Crippen LogP contribution in [0.4, 0.5) is 34.1 Å². The monoisotopic (exact) mass is 1330 g/mol. The van der Waals surface area contributed by atoms with E-state index in [0.29, 0.717) is 36.2 Å². The number of imidazole rings is 1.